The Morgan fingerprint density at radius 2 is 1.84 bits per heavy atom. The van der Waals surface area contributed by atoms with Gasteiger partial charge in [0.2, 0.25) is 11.7 Å². The van der Waals surface area contributed by atoms with Gasteiger partial charge < -0.3 is 13.7 Å². The normalized spacial score (nSPS) is 11.0. The maximum absolute atomic E-state index is 5.56. The van der Waals surface area contributed by atoms with Crippen LogP contribution >= 0.6 is 11.8 Å². The summed E-state index contributed by atoms with van der Waals surface area (Å²) in [6.07, 6.45) is 1.65. The number of furan rings is 1. The van der Waals surface area contributed by atoms with Crippen molar-refractivity contribution in [2.24, 2.45) is 0 Å². The van der Waals surface area contributed by atoms with Crippen molar-refractivity contribution in [1.82, 2.24) is 24.9 Å². The first-order valence-corrected chi connectivity index (χ1v) is 10.9. The zero-order valence-electron chi connectivity index (χ0n) is 17.2. The Kier molecular flexibility index (Phi) is 5.71. The number of methoxy groups -OCH3 is 1. The average molecular weight is 446 g/mol. The van der Waals surface area contributed by atoms with Crippen molar-refractivity contribution in [1.29, 1.82) is 0 Å². The lowest BCUT2D eigenvalue weighted by molar-refractivity contribution is 0.391. The molecule has 0 fully saturated rings. The van der Waals surface area contributed by atoms with E-state index in [2.05, 4.69) is 20.3 Å². The molecule has 3 heterocycles. The number of hydrogen-bond donors (Lipinski definition) is 0. The molecule has 0 radical (unpaired) electrons. The molecule has 9 heteroatoms. The summed E-state index contributed by atoms with van der Waals surface area (Å²) in [5, 5.41) is 13.7. The first-order chi connectivity index (χ1) is 15.8. The summed E-state index contributed by atoms with van der Waals surface area (Å²) in [5.74, 6) is 3.83. The highest BCUT2D eigenvalue weighted by Gasteiger charge is 2.18. The molecule has 0 unspecified atom stereocenters. The average Bonchev–Trinajstić information content (AvgIpc) is 3.60. The fourth-order valence-corrected chi connectivity index (χ4v) is 3.99. The lowest BCUT2D eigenvalue weighted by Gasteiger charge is -2.09. The Balaban J connectivity index is 1.41. The number of aromatic nitrogens is 5. The van der Waals surface area contributed by atoms with Crippen LogP contribution in [-0.4, -0.2) is 32.0 Å². The molecular formula is C23H19N5O3S. The second-order valence-corrected chi connectivity index (χ2v) is 7.81. The number of hydrogen-bond acceptors (Lipinski definition) is 8. The van der Waals surface area contributed by atoms with Crippen molar-refractivity contribution in [2.45, 2.75) is 17.5 Å². The van der Waals surface area contributed by atoms with E-state index in [4.69, 9.17) is 13.7 Å². The van der Waals surface area contributed by atoms with Crippen LogP contribution in [0.1, 0.15) is 11.7 Å². The van der Waals surface area contributed by atoms with Crippen LogP contribution in [-0.2, 0) is 12.3 Å². The lowest BCUT2D eigenvalue weighted by atomic mass is 10.2. The predicted octanol–water partition coefficient (Wildman–Crippen LogP) is 4.94. The standard InChI is InChI=1S/C23H19N5O3S/c1-29-18-10-5-9-17(13-18)22-25-26-23(28(22)14-19-11-6-12-30-19)32-15-20-24-21(27-31-20)16-7-3-2-4-8-16/h2-13H,14-15H2,1H3. The van der Waals surface area contributed by atoms with Gasteiger partial charge in [-0.3, -0.25) is 4.57 Å². The van der Waals surface area contributed by atoms with E-state index in [1.54, 1.807) is 13.4 Å². The molecule has 32 heavy (non-hydrogen) atoms. The molecule has 5 rings (SSSR count). The number of benzene rings is 2. The van der Waals surface area contributed by atoms with Gasteiger partial charge in [0.1, 0.15) is 11.5 Å². The summed E-state index contributed by atoms with van der Waals surface area (Å²) in [7, 11) is 1.64. The van der Waals surface area contributed by atoms with E-state index in [9.17, 15) is 0 Å². The molecule has 8 nitrogen and oxygen atoms in total. The summed E-state index contributed by atoms with van der Waals surface area (Å²) >= 11 is 1.48. The maximum atomic E-state index is 5.56. The first kappa shape index (κ1) is 20.1. The molecule has 0 N–H and O–H groups in total. The molecule has 0 aliphatic rings. The highest BCUT2D eigenvalue weighted by atomic mass is 32.2. The number of ether oxygens (including phenoxy) is 1. The minimum atomic E-state index is 0.467. The minimum absolute atomic E-state index is 0.467. The Labute approximate surface area is 188 Å². The Morgan fingerprint density at radius 1 is 0.969 bits per heavy atom. The third-order valence-electron chi connectivity index (χ3n) is 4.76. The van der Waals surface area contributed by atoms with Gasteiger partial charge >= 0.3 is 0 Å². The van der Waals surface area contributed by atoms with Crippen molar-refractivity contribution in [2.75, 3.05) is 7.11 Å². The van der Waals surface area contributed by atoms with Gasteiger partial charge in [0.15, 0.2) is 11.0 Å². The van der Waals surface area contributed by atoms with Crippen LogP contribution in [0.15, 0.2) is 87.1 Å². The number of thioether (sulfide) groups is 1. The van der Waals surface area contributed by atoms with Crippen LogP contribution in [0.4, 0.5) is 0 Å². The molecule has 0 aliphatic carbocycles. The van der Waals surface area contributed by atoms with Crippen LogP contribution in [0, 0.1) is 0 Å². The molecule has 160 valence electrons. The monoisotopic (exact) mass is 445 g/mol. The minimum Gasteiger partial charge on any atom is -0.497 e. The molecule has 5 aromatic rings. The third-order valence-corrected chi connectivity index (χ3v) is 5.72. The van der Waals surface area contributed by atoms with Crippen molar-refractivity contribution in [3.8, 4) is 28.5 Å². The van der Waals surface area contributed by atoms with E-state index in [0.29, 0.717) is 24.0 Å². The molecule has 0 spiro atoms. The smallest absolute Gasteiger partial charge is 0.237 e. The molecule has 0 amide bonds. The Morgan fingerprint density at radius 3 is 2.66 bits per heavy atom. The second kappa shape index (κ2) is 9.11. The molecule has 0 bridgehead atoms. The highest BCUT2D eigenvalue weighted by molar-refractivity contribution is 7.98. The van der Waals surface area contributed by atoms with Gasteiger partial charge in [0.05, 0.1) is 25.7 Å². The van der Waals surface area contributed by atoms with Crippen molar-refractivity contribution in [3.63, 3.8) is 0 Å². The molecule has 0 saturated heterocycles. The van der Waals surface area contributed by atoms with Gasteiger partial charge in [-0.25, -0.2) is 0 Å². The van der Waals surface area contributed by atoms with Gasteiger partial charge in [-0.2, -0.15) is 4.98 Å². The lowest BCUT2D eigenvalue weighted by Crippen LogP contribution is -2.03. The topological polar surface area (TPSA) is 92.0 Å². The zero-order valence-corrected chi connectivity index (χ0v) is 18.0. The SMILES string of the molecule is COc1cccc(-c2nnc(SCc3nc(-c4ccccc4)no3)n2Cc2ccco2)c1. The van der Waals surface area contributed by atoms with Crippen molar-refractivity contribution < 1.29 is 13.7 Å². The van der Waals surface area contributed by atoms with E-state index in [1.807, 2.05) is 71.3 Å². The molecule has 3 aromatic heterocycles. The number of rotatable bonds is 8. The van der Waals surface area contributed by atoms with E-state index in [1.165, 1.54) is 11.8 Å². The fraction of sp³-hybridized carbons (Fsp3) is 0.130. The Hall–Kier alpha value is -3.85. The van der Waals surface area contributed by atoms with E-state index < -0.39 is 0 Å². The van der Waals surface area contributed by atoms with Gasteiger partial charge in [0.25, 0.3) is 0 Å². The molecule has 0 aliphatic heterocycles. The summed E-state index contributed by atoms with van der Waals surface area (Å²) in [6.45, 7) is 0.494. The van der Waals surface area contributed by atoms with Crippen molar-refractivity contribution >= 4 is 11.8 Å². The van der Waals surface area contributed by atoms with Crippen LogP contribution < -0.4 is 4.74 Å². The van der Waals surface area contributed by atoms with E-state index in [-0.39, 0.29) is 0 Å². The molecule has 0 saturated carbocycles. The summed E-state index contributed by atoms with van der Waals surface area (Å²) < 4.78 is 18.4. The van der Waals surface area contributed by atoms with E-state index >= 15 is 0 Å². The quantitative estimate of drug-likeness (QED) is 0.310. The van der Waals surface area contributed by atoms with Gasteiger partial charge in [0, 0.05) is 11.1 Å². The molecule has 2 aromatic carbocycles. The zero-order chi connectivity index (χ0) is 21.8. The van der Waals surface area contributed by atoms with Crippen molar-refractivity contribution in [3.05, 3.63) is 84.6 Å². The highest BCUT2D eigenvalue weighted by Crippen LogP contribution is 2.29. The largest absolute Gasteiger partial charge is 0.497 e. The molecular weight excluding hydrogens is 426 g/mol. The predicted molar refractivity (Wildman–Crippen MR) is 119 cm³/mol. The molecule has 0 atom stereocenters. The van der Waals surface area contributed by atoms with Gasteiger partial charge in [-0.1, -0.05) is 59.4 Å². The van der Waals surface area contributed by atoms with Crippen LogP contribution in [0.2, 0.25) is 0 Å². The summed E-state index contributed by atoms with van der Waals surface area (Å²) in [4.78, 5) is 4.50. The third kappa shape index (κ3) is 4.28. The fourth-order valence-electron chi connectivity index (χ4n) is 3.22. The maximum Gasteiger partial charge on any atom is 0.237 e. The summed E-state index contributed by atoms with van der Waals surface area (Å²) in [5.41, 5.74) is 1.81. The van der Waals surface area contributed by atoms with Crippen LogP contribution in [0.3, 0.4) is 0 Å². The number of nitrogens with zero attached hydrogens (tertiary/aromatic N) is 5. The van der Waals surface area contributed by atoms with Crippen LogP contribution in [0.5, 0.6) is 5.75 Å². The second-order valence-electron chi connectivity index (χ2n) is 6.87. The first-order valence-electron chi connectivity index (χ1n) is 9.91. The van der Waals surface area contributed by atoms with Gasteiger partial charge in [-0.05, 0) is 24.3 Å². The van der Waals surface area contributed by atoms with Crippen LogP contribution in [0.25, 0.3) is 22.8 Å². The Bertz CT molecular complexity index is 1300. The summed E-state index contributed by atoms with van der Waals surface area (Å²) in [6, 6.07) is 21.2. The van der Waals surface area contributed by atoms with E-state index in [0.717, 1.165) is 33.6 Å². The van der Waals surface area contributed by atoms with Gasteiger partial charge in [-0.15, -0.1) is 10.2 Å².